The van der Waals surface area contributed by atoms with Crippen molar-refractivity contribution in [1.29, 1.82) is 0 Å². The molecule has 4 rings (SSSR count). The summed E-state index contributed by atoms with van der Waals surface area (Å²) >= 11 is 1.48. The molecule has 1 atom stereocenters. The summed E-state index contributed by atoms with van der Waals surface area (Å²) in [4.78, 5) is 18.8. The number of hydrogen-bond donors (Lipinski definition) is 0. The third-order valence-electron chi connectivity index (χ3n) is 5.25. The van der Waals surface area contributed by atoms with E-state index in [0.717, 1.165) is 29.7 Å². The van der Waals surface area contributed by atoms with Gasteiger partial charge in [-0.1, -0.05) is 60.1 Å². The number of hydrogen-bond acceptors (Lipinski definition) is 5. The van der Waals surface area contributed by atoms with E-state index in [1.54, 1.807) is 16.5 Å². The highest BCUT2D eigenvalue weighted by atomic mass is 32.2. The molecule has 0 aliphatic carbocycles. The second kappa shape index (κ2) is 8.44. The van der Waals surface area contributed by atoms with Crippen molar-refractivity contribution in [1.82, 2.24) is 10.1 Å². The lowest BCUT2D eigenvalue weighted by atomic mass is 9.99. The molecule has 0 radical (unpaired) electrons. The quantitative estimate of drug-likeness (QED) is 0.358. The summed E-state index contributed by atoms with van der Waals surface area (Å²) in [5, 5.41) is 18.3. The predicted molar refractivity (Wildman–Crippen MR) is 115 cm³/mol. The zero-order chi connectivity index (χ0) is 21.3. The van der Waals surface area contributed by atoms with Gasteiger partial charge in [-0.05, 0) is 37.1 Å². The second-order valence-electron chi connectivity index (χ2n) is 7.33. The second-order valence-corrected chi connectivity index (χ2v) is 8.39. The highest BCUT2D eigenvalue weighted by molar-refractivity contribution is 7.99. The van der Waals surface area contributed by atoms with Gasteiger partial charge in [0, 0.05) is 23.3 Å². The van der Waals surface area contributed by atoms with E-state index in [0.29, 0.717) is 22.1 Å². The molecule has 0 saturated heterocycles. The molecular weight excluding hydrogens is 396 g/mol. The van der Waals surface area contributed by atoms with Gasteiger partial charge in [0.25, 0.3) is 17.0 Å². The minimum atomic E-state index is -0.546. The van der Waals surface area contributed by atoms with Crippen LogP contribution >= 0.6 is 11.8 Å². The molecule has 1 aliphatic heterocycles. The average Bonchev–Trinajstić information content (AvgIpc) is 2.73. The normalized spacial score (nSPS) is 14.9. The van der Waals surface area contributed by atoms with Gasteiger partial charge in [0.2, 0.25) is 5.91 Å². The fourth-order valence-electron chi connectivity index (χ4n) is 3.80. The van der Waals surface area contributed by atoms with Crippen LogP contribution in [0.2, 0.25) is 0 Å². The van der Waals surface area contributed by atoms with Gasteiger partial charge in [-0.2, -0.15) is 0 Å². The number of unbranched alkanes of at least 4 members (excludes halogenated alkanes) is 1. The van der Waals surface area contributed by atoms with Crippen molar-refractivity contribution in [3.8, 4) is 17.1 Å². The number of thioether (sulfide) groups is 1. The zero-order valence-electron chi connectivity index (χ0n) is 17.3. The van der Waals surface area contributed by atoms with Crippen LogP contribution in [0, 0.1) is 6.92 Å². The first-order chi connectivity index (χ1) is 14.5. The Morgan fingerprint density at radius 1 is 1.20 bits per heavy atom. The highest BCUT2D eigenvalue weighted by Crippen LogP contribution is 2.41. The molecule has 1 amide bonds. The van der Waals surface area contributed by atoms with E-state index in [1.807, 2.05) is 55.5 Å². The molecule has 154 valence electrons. The highest BCUT2D eigenvalue weighted by Gasteiger charge is 2.44. The molecule has 1 aromatic heterocycles. The molecule has 6 nitrogen and oxygen atoms in total. The maximum absolute atomic E-state index is 13.1. The van der Waals surface area contributed by atoms with Gasteiger partial charge in [0.1, 0.15) is 0 Å². The number of rotatable bonds is 5. The molecular formula is C23H24N4O2S. The first kappa shape index (κ1) is 20.3. The van der Waals surface area contributed by atoms with Gasteiger partial charge in [0.05, 0.1) is 17.1 Å². The van der Waals surface area contributed by atoms with E-state index in [1.165, 1.54) is 11.8 Å². The van der Waals surface area contributed by atoms with Crippen LogP contribution in [0.5, 0.6) is 5.88 Å². The van der Waals surface area contributed by atoms with Gasteiger partial charge in [-0.25, -0.2) is 9.88 Å². The fraction of sp³-hybridized carbons (Fsp3) is 0.304. The topological polar surface area (TPSA) is 73.0 Å². The Balaban J connectivity index is 1.98. The molecule has 0 spiro atoms. The van der Waals surface area contributed by atoms with Gasteiger partial charge >= 0.3 is 0 Å². The SMILES string of the molecule is CCCCSc1nc([O-])c2[n+](n1)C(c1ccccc1C)N(C(C)=O)c1ccccc1-2. The molecule has 3 aromatic rings. The van der Waals surface area contributed by atoms with Gasteiger partial charge in [-0.15, -0.1) is 0 Å². The molecule has 0 saturated carbocycles. The lowest BCUT2D eigenvalue weighted by Gasteiger charge is -2.33. The fourth-order valence-corrected chi connectivity index (χ4v) is 4.71. The van der Waals surface area contributed by atoms with E-state index in [4.69, 9.17) is 5.10 Å². The Hall–Kier alpha value is -2.93. The van der Waals surface area contributed by atoms with E-state index >= 15 is 0 Å². The molecule has 2 aromatic carbocycles. The molecule has 0 N–H and O–H groups in total. The smallest absolute Gasteiger partial charge is 0.293 e. The van der Waals surface area contributed by atoms with Gasteiger partial charge < -0.3 is 5.11 Å². The van der Waals surface area contributed by atoms with Crippen LogP contribution in [-0.4, -0.2) is 21.7 Å². The Morgan fingerprint density at radius 3 is 2.67 bits per heavy atom. The van der Waals surface area contributed by atoms with Crippen LogP contribution in [0.3, 0.4) is 0 Å². The van der Waals surface area contributed by atoms with Crippen LogP contribution in [0.4, 0.5) is 5.69 Å². The minimum Gasteiger partial charge on any atom is -0.854 e. The number of nitrogens with zero attached hydrogens (tertiary/aromatic N) is 4. The predicted octanol–water partition coefficient (Wildman–Crippen LogP) is 3.62. The number of carbonyl (C=O) groups excluding carboxylic acids is 1. The Labute approximate surface area is 180 Å². The maximum Gasteiger partial charge on any atom is 0.293 e. The van der Waals surface area contributed by atoms with E-state index in [9.17, 15) is 9.90 Å². The molecule has 30 heavy (non-hydrogen) atoms. The number of aromatic nitrogens is 3. The lowest BCUT2D eigenvalue weighted by Crippen LogP contribution is -2.59. The van der Waals surface area contributed by atoms with Crippen LogP contribution in [-0.2, 0) is 4.79 Å². The van der Waals surface area contributed by atoms with Crippen molar-refractivity contribution in [3.63, 3.8) is 0 Å². The number of aryl methyl sites for hydroxylation is 1. The van der Waals surface area contributed by atoms with Crippen LogP contribution in [0.25, 0.3) is 11.3 Å². The minimum absolute atomic E-state index is 0.111. The Morgan fingerprint density at radius 2 is 1.93 bits per heavy atom. The monoisotopic (exact) mass is 420 g/mol. The van der Waals surface area contributed by atoms with Crippen molar-refractivity contribution < 1.29 is 14.6 Å². The van der Waals surface area contributed by atoms with Gasteiger partial charge in [0.15, 0.2) is 0 Å². The summed E-state index contributed by atoms with van der Waals surface area (Å²) in [5.74, 6) is 0.412. The number of anilines is 1. The standard InChI is InChI=1S/C23H24N4O2S/c1-4-5-14-30-23-24-21(29)20-18-12-8-9-13-19(18)26(16(3)28)22(27(20)25-23)17-11-7-6-10-15(17)2/h6-13,22H,4-5,14H2,1-3H3. The van der Waals surface area contributed by atoms with E-state index in [-0.39, 0.29) is 11.8 Å². The van der Waals surface area contributed by atoms with Crippen LogP contribution in [0.1, 0.15) is 44.0 Å². The number of fused-ring (bicyclic) bond motifs is 3. The summed E-state index contributed by atoms with van der Waals surface area (Å²) < 4.78 is 1.69. The van der Waals surface area contributed by atoms with Crippen LogP contribution in [0.15, 0.2) is 53.7 Å². The Bertz CT molecular complexity index is 1100. The van der Waals surface area contributed by atoms with Crippen molar-refractivity contribution in [3.05, 3.63) is 59.7 Å². The summed E-state index contributed by atoms with van der Waals surface area (Å²) in [6.45, 7) is 5.67. The van der Waals surface area contributed by atoms with E-state index in [2.05, 4.69) is 11.9 Å². The average molecular weight is 421 g/mol. The van der Waals surface area contributed by atoms with Crippen molar-refractivity contribution in [2.45, 2.75) is 44.9 Å². The molecule has 7 heteroatoms. The summed E-state index contributed by atoms with van der Waals surface area (Å²) in [6, 6.07) is 15.3. The molecule has 0 bridgehead atoms. The summed E-state index contributed by atoms with van der Waals surface area (Å²) in [7, 11) is 0. The maximum atomic E-state index is 13.1. The largest absolute Gasteiger partial charge is 0.854 e. The molecule has 1 unspecified atom stereocenters. The van der Waals surface area contributed by atoms with E-state index < -0.39 is 6.17 Å². The number of carbonyl (C=O) groups is 1. The molecule has 2 heterocycles. The number of amides is 1. The molecule has 1 aliphatic rings. The first-order valence-corrected chi connectivity index (χ1v) is 11.1. The summed E-state index contributed by atoms with van der Waals surface area (Å²) in [5.41, 5.74) is 3.74. The van der Waals surface area contributed by atoms with Gasteiger partial charge in [-0.3, -0.25) is 4.79 Å². The first-order valence-electron chi connectivity index (χ1n) is 10.1. The van der Waals surface area contributed by atoms with Crippen molar-refractivity contribution in [2.24, 2.45) is 0 Å². The van der Waals surface area contributed by atoms with Crippen molar-refractivity contribution in [2.75, 3.05) is 10.7 Å². The Kier molecular flexibility index (Phi) is 5.72. The van der Waals surface area contributed by atoms with Crippen molar-refractivity contribution >= 4 is 23.4 Å². The summed E-state index contributed by atoms with van der Waals surface area (Å²) in [6.07, 6.45) is 1.54. The third-order valence-corrected chi connectivity index (χ3v) is 6.18. The number of para-hydroxylation sites is 1. The number of benzene rings is 2. The lowest BCUT2D eigenvalue weighted by molar-refractivity contribution is -0.764. The zero-order valence-corrected chi connectivity index (χ0v) is 18.1. The molecule has 0 fully saturated rings. The third kappa shape index (κ3) is 3.54. The van der Waals surface area contributed by atoms with Crippen LogP contribution < -0.4 is 14.7 Å².